The van der Waals surface area contributed by atoms with Crippen LogP contribution >= 0.6 is 11.3 Å². The summed E-state index contributed by atoms with van der Waals surface area (Å²) >= 11 is 1.64. The lowest BCUT2D eigenvalue weighted by atomic mass is 9.78. The zero-order valence-corrected chi connectivity index (χ0v) is 13.8. The van der Waals surface area contributed by atoms with Crippen molar-refractivity contribution in [3.63, 3.8) is 0 Å². The van der Waals surface area contributed by atoms with Crippen molar-refractivity contribution in [1.82, 2.24) is 4.98 Å². The minimum atomic E-state index is 0.456. The molecule has 1 heterocycles. The largest absolute Gasteiger partial charge is 0.395 e. The molecule has 21 heavy (non-hydrogen) atoms. The summed E-state index contributed by atoms with van der Waals surface area (Å²) in [4.78, 5) is 4.38. The van der Waals surface area contributed by atoms with Gasteiger partial charge in [0.2, 0.25) is 0 Å². The van der Waals surface area contributed by atoms with Crippen LogP contribution in [0.15, 0.2) is 17.6 Å². The number of nitrogens with two attached hydrogens (primary N) is 1. The molecule has 2 aromatic rings. The quantitative estimate of drug-likeness (QED) is 0.773. The van der Waals surface area contributed by atoms with E-state index in [1.807, 2.05) is 5.51 Å². The van der Waals surface area contributed by atoms with Gasteiger partial charge in [-0.2, -0.15) is 0 Å². The van der Waals surface area contributed by atoms with Crippen LogP contribution < -0.4 is 11.1 Å². The molecular weight excluding hydrogens is 278 g/mol. The van der Waals surface area contributed by atoms with Crippen molar-refractivity contribution in [3.05, 3.63) is 17.6 Å². The van der Waals surface area contributed by atoms with Crippen molar-refractivity contribution in [1.29, 1.82) is 0 Å². The van der Waals surface area contributed by atoms with E-state index in [4.69, 9.17) is 5.73 Å². The highest BCUT2D eigenvalue weighted by Crippen LogP contribution is 2.43. The van der Waals surface area contributed by atoms with Crippen LogP contribution in [-0.4, -0.2) is 11.5 Å². The van der Waals surface area contributed by atoms with Gasteiger partial charge in [-0.15, -0.1) is 11.3 Å². The smallest absolute Gasteiger partial charge is 0.106 e. The molecule has 0 radical (unpaired) electrons. The van der Waals surface area contributed by atoms with E-state index >= 15 is 0 Å². The summed E-state index contributed by atoms with van der Waals surface area (Å²) in [5, 5.41) is 3.62. The average Bonchev–Trinajstić information content (AvgIpc) is 3.07. The summed E-state index contributed by atoms with van der Waals surface area (Å²) in [5.74, 6) is 0.753. The third kappa shape index (κ3) is 3.00. The molecule has 0 amide bonds. The van der Waals surface area contributed by atoms with E-state index in [2.05, 4.69) is 36.3 Å². The van der Waals surface area contributed by atoms with E-state index in [-0.39, 0.29) is 0 Å². The van der Waals surface area contributed by atoms with Crippen molar-refractivity contribution in [2.24, 2.45) is 11.3 Å². The Labute approximate surface area is 131 Å². The van der Waals surface area contributed by atoms with Gasteiger partial charge in [0.1, 0.15) is 5.52 Å². The van der Waals surface area contributed by atoms with Gasteiger partial charge in [-0.05, 0) is 42.7 Å². The van der Waals surface area contributed by atoms with Crippen molar-refractivity contribution < 1.29 is 0 Å². The number of hydrogen-bond acceptors (Lipinski definition) is 4. The number of hydrogen-bond donors (Lipinski definition) is 2. The van der Waals surface area contributed by atoms with E-state index in [1.54, 1.807) is 11.3 Å². The standard InChI is InChI=1S/C17H25N3S/c1-12(2)9-17(7-3-4-8-17)10-19-13-5-6-14-16(15(13)18)20-11-21-14/h5-6,11-12,19H,3-4,7-10,18H2,1-2H3. The van der Waals surface area contributed by atoms with E-state index in [0.717, 1.165) is 34.1 Å². The summed E-state index contributed by atoms with van der Waals surface area (Å²) in [6.45, 7) is 5.69. The molecule has 0 unspecified atom stereocenters. The SMILES string of the molecule is CC(C)CC1(CNc2ccc3scnc3c2N)CCCC1. The molecule has 1 aromatic carbocycles. The minimum Gasteiger partial charge on any atom is -0.395 e. The van der Waals surface area contributed by atoms with Crippen LogP contribution in [0.4, 0.5) is 11.4 Å². The van der Waals surface area contributed by atoms with Gasteiger partial charge in [-0.1, -0.05) is 26.7 Å². The van der Waals surface area contributed by atoms with Gasteiger partial charge in [-0.25, -0.2) is 4.98 Å². The lowest BCUT2D eigenvalue weighted by Gasteiger charge is -2.31. The number of benzene rings is 1. The fourth-order valence-corrected chi connectivity index (χ4v) is 4.53. The lowest BCUT2D eigenvalue weighted by Crippen LogP contribution is -2.28. The first-order valence-electron chi connectivity index (χ1n) is 7.95. The number of fused-ring (bicyclic) bond motifs is 1. The number of aromatic nitrogens is 1. The van der Waals surface area contributed by atoms with Gasteiger partial charge >= 0.3 is 0 Å². The predicted octanol–water partition coefficient (Wildman–Crippen LogP) is 4.90. The molecule has 3 nitrogen and oxygen atoms in total. The van der Waals surface area contributed by atoms with Gasteiger partial charge in [0, 0.05) is 6.54 Å². The Kier molecular flexibility index (Phi) is 4.07. The van der Waals surface area contributed by atoms with Gasteiger partial charge < -0.3 is 11.1 Å². The van der Waals surface area contributed by atoms with Crippen LogP contribution in [0.5, 0.6) is 0 Å². The summed E-state index contributed by atoms with van der Waals surface area (Å²) in [6, 6.07) is 4.23. The molecule has 1 saturated carbocycles. The van der Waals surface area contributed by atoms with Crippen LogP contribution in [0.25, 0.3) is 10.2 Å². The summed E-state index contributed by atoms with van der Waals surface area (Å²) < 4.78 is 1.16. The van der Waals surface area contributed by atoms with Gasteiger partial charge in [-0.3, -0.25) is 0 Å². The first-order valence-corrected chi connectivity index (χ1v) is 8.83. The fourth-order valence-electron chi connectivity index (χ4n) is 3.83. The molecule has 1 aliphatic rings. The molecule has 1 fully saturated rings. The monoisotopic (exact) mass is 303 g/mol. The van der Waals surface area contributed by atoms with Crippen molar-refractivity contribution in [3.8, 4) is 0 Å². The van der Waals surface area contributed by atoms with Gasteiger partial charge in [0.25, 0.3) is 0 Å². The second-order valence-electron chi connectivity index (χ2n) is 6.88. The number of nitrogens with zero attached hydrogens (tertiary/aromatic N) is 1. The van der Waals surface area contributed by atoms with Gasteiger partial charge in [0.15, 0.2) is 0 Å². The van der Waals surface area contributed by atoms with Crippen LogP contribution in [0.1, 0.15) is 46.0 Å². The number of anilines is 2. The van der Waals surface area contributed by atoms with Crippen molar-refractivity contribution in [2.45, 2.75) is 46.0 Å². The highest BCUT2D eigenvalue weighted by molar-refractivity contribution is 7.16. The molecule has 114 valence electrons. The highest BCUT2D eigenvalue weighted by Gasteiger charge is 2.34. The Bertz CT molecular complexity index is 612. The van der Waals surface area contributed by atoms with E-state index in [9.17, 15) is 0 Å². The number of thiazole rings is 1. The normalized spacial score (nSPS) is 17.7. The minimum absolute atomic E-state index is 0.456. The molecule has 0 saturated heterocycles. The lowest BCUT2D eigenvalue weighted by molar-refractivity contribution is 0.252. The maximum absolute atomic E-state index is 6.27. The van der Waals surface area contributed by atoms with Crippen LogP contribution in [0.3, 0.4) is 0 Å². The number of rotatable bonds is 5. The molecule has 4 heteroatoms. The molecule has 1 aromatic heterocycles. The van der Waals surface area contributed by atoms with Crippen LogP contribution in [-0.2, 0) is 0 Å². The topological polar surface area (TPSA) is 50.9 Å². The molecule has 3 rings (SSSR count). The Morgan fingerprint density at radius 1 is 1.33 bits per heavy atom. The molecular formula is C17H25N3S. The maximum atomic E-state index is 6.27. The summed E-state index contributed by atoms with van der Waals surface area (Å²) in [7, 11) is 0. The zero-order valence-electron chi connectivity index (χ0n) is 13.0. The molecule has 0 spiro atoms. The Morgan fingerprint density at radius 2 is 2.10 bits per heavy atom. The van der Waals surface area contributed by atoms with Crippen molar-refractivity contribution in [2.75, 3.05) is 17.6 Å². The third-order valence-corrected chi connectivity index (χ3v) is 5.50. The zero-order chi connectivity index (χ0) is 14.9. The molecule has 0 bridgehead atoms. The molecule has 0 atom stereocenters. The molecule has 1 aliphatic carbocycles. The second kappa shape index (κ2) is 5.84. The summed E-state index contributed by atoms with van der Waals surface area (Å²) in [6.07, 6.45) is 6.73. The fraction of sp³-hybridized carbons (Fsp3) is 0.588. The van der Waals surface area contributed by atoms with Gasteiger partial charge in [0.05, 0.1) is 21.6 Å². The Balaban J connectivity index is 1.76. The Morgan fingerprint density at radius 3 is 2.81 bits per heavy atom. The van der Waals surface area contributed by atoms with E-state index in [1.165, 1.54) is 32.1 Å². The van der Waals surface area contributed by atoms with Crippen LogP contribution in [0.2, 0.25) is 0 Å². The third-order valence-electron chi connectivity index (χ3n) is 4.70. The van der Waals surface area contributed by atoms with E-state index in [0.29, 0.717) is 5.41 Å². The number of nitrogen functional groups attached to an aromatic ring is 1. The summed E-state index contributed by atoms with van der Waals surface area (Å²) in [5.41, 5.74) is 11.4. The highest BCUT2D eigenvalue weighted by atomic mass is 32.1. The van der Waals surface area contributed by atoms with Crippen LogP contribution in [0, 0.1) is 11.3 Å². The Hall–Kier alpha value is -1.29. The van der Waals surface area contributed by atoms with Crippen molar-refractivity contribution >= 4 is 32.9 Å². The molecule has 3 N–H and O–H groups in total. The predicted molar refractivity (Wildman–Crippen MR) is 92.9 cm³/mol. The maximum Gasteiger partial charge on any atom is 0.106 e. The van der Waals surface area contributed by atoms with E-state index < -0.39 is 0 Å². The molecule has 0 aliphatic heterocycles. The number of nitrogens with one attached hydrogen (secondary N) is 1. The second-order valence-corrected chi connectivity index (χ2v) is 7.77. The first-order chi connectivity index (χ1) is 10.1. The average molecular weight is 303 g/mol. The first kappa shape index (κ1) is 14.6.